The Morgan fingerprint density at radius 1 is 0.970 bits per heavy atom. The summed E-state index contributed by atoms with van der Waals surface area (Å²) in [5, 5.41) is 16.1. The van der Waals surface area contributed by atoms with Crippen molar-refractivity contribution in [3.8, 4) is 17.1 Å². The lowest BCUT2D eigenvalue weighted by Crippen LogP contribution is -2.17. The van der Waals surface area contributed by atoms with Gasteiger partial charge in [0.2, 0.25) is 15.5 Å². The molecular formula is C23H18N6O3S. The number of hydrogen-bond acceptors (Lipinski definition) is 6. The van der Waals surface area contributed by atoms with E-state index in [-0.39, 0.29) is 22.6 Å². The number of fused-ring (bicyclic) bond motifs is 1. The van der Waals surface area contributed by atoms with Crippen LogP contribution in [0.2, 0.25) is 0 Å². The quantitative estimate of drug-likeness (QED) is 0.431. The number of pyridine rings is 1. The van der Waals surface area contributed by atoms with E-state index in [1.807, 2.05) is 24.3 Å². The summed E-state index contributed by atoms with van der Waals surface area (Å²) in [5.74, 6) is 0. The smallest absolute Gasteiger partial charge is 0.238 e. The summed E-state index contributed by atoms with van der Waals surface area (Å²) in [7, 11) is -3.82. The molecule has 0 aliphatic rings. The molecule has 33 heavy (non-hydrogen) atoms. The Hall–Kier alpha value is -4.15. The first-order valence-electron chi connectivity index (χ1n) is 9.97. The van der Waals surface area contributed by atoms with E-state index in [1.165, 1.54) is 18.2 Å². The van der Waals surface area contributed by atoms with Crippen LogP contribution in [0.4, 0.5) is 0 Å². The minimum Gasteiger partial charge on any atom is -0.287 e. The number of aromatic nitrogens is 5. The fourth-order valence-corrected chi connectivity index (χ4v) is 4.27. The third kappa shape index (κ3) is 4.04. The molecule has 0 bridgehead atoms. The molecule has 0 aliphatic carbocycles. The molecule has 0 aliphatic heterocycles. The van der Waals surface area contributed by atoms with Crippen LogP contribution in [-0.2, 0) is 16.6 Å². The zero-order valence-electron chi connectivity index (χ0n) is 17.2. The summed E-state index contributed by atoms with van der Waals surface area (Å²) < 4.78 is 26.6. The molecule has 0 saturated heterocycles. The minimum atomic E-state index is -3.82. The van der Waals surface area contributed by atoms with Gasteiger partial charge >= 0.3 is 0 Å². The highest BCUT2D eigenvalue weighted by Gasteiger charge is 2.15. The first-order valence-corrected chi connectivity index (χ1v) is 11.5. The molecule has 0 unspecified atom stereocenters. The lowest BCUT2D eigenvalue weighted by atomic mass is 10.1. The Labute approximate surface area is 188 Å². The standard InChI is InChI=1S/C23H18N6O3S/c24-33(31,32)18-5-1-3-16(13-18)15-28-12-9-22(30)23(27-28)21-8-11-26-29(21)20-6-2-4-17-14-25-10-7-19(17)20/h1-14H,15H2,(H2,24,31,32). The first kappa shape index (κ1) is 20.7. The third-order valence-electron chi connectivity index (χ3n) is 5.20. The molecule has 0 amide bonds. The maximum absolute atomic E-state index is 12.7. The van der Waals surface area contributed by atoms with Gasteiger partial charge in [-0.1, -0.05) is 24.3 Å². The van der Waals surface area contributed by atoms with Crippen LogP contribution < -0.4 is 10.6 Å². The van der Waals surface area contributed by atoms with Gasteiger partial charge < -0.3 is 0 Å². The predicted octanol–water partition coefficient (Wildman–Crippen LogP) is 2.34. The summed E-state index contributed by atoms with van der Waals surface area (Å²) in [6.45, 7) is 0.255. The first-order chi connectivity index (χ1) is 15.9. The van der Waals surface area contributed by atoms with Gasteiger partial charge in [0.25, 0.3) is 0 Å². The molecule has 0 atom stereocenters. The highest BCUT2D eigenvalue weighted by molar-refractivity contribution is 7.89. The molecule has 2 aromatic carbocycles. The number of sulfonamides is 1. The Morgan fingerprint density at radius 2 is 1.82 bits per heavy atom. The number of primary sulfonamides is 1. The summed E-state index contributed by atoms with van der Waals surface area (Å²) in [4.78, 5) is 16.9. The largest absolute Gasteiger partial charge is 0.287 e. The zero-order chi connectivity index (χ0) is 23.0. The van der Waals surface area contributed by atoms with Crippen molar-refractivity contribution in [1.29, 1.82) is 0 Å². The normalized spacial score (nSPS) is 11.7. The summed E-state index contributed by atoms with van der Waals surface area (Å²) in [6.07, 6.45) is 6.65. The van der Waals surface area contributed by atoms with Gasteiger partial charge in [0, 0.05) is 35.4 Å². The van der Waals surface area contributed by atoms with Crippen LogP contribution in [0.5, 0.6) is 0 Å². The van der Waals surface area contributed by atoms with Gasteiger partial charge in [-0.2, -0.15) is 10.2 Å². The average Bonchev–Trinajstić information content (AvgIpc) is 3.29. The SMILES string of the molecule is NS(=O)(=O)c1cccc(Cn2ccc(=O)c(-c3ccnn3-c3cccc4cnccc34)n2)c1. The van der Waals surface area contributed by atoms with E-state index in [1.54, 1.807) is 52.4 Å². The van der Waals surface area contributed by atoms with Crippen molar-refractivity contribution in [3.05, 3.63) is 101 Å². The summed E-state index contributed by atoms with van der Waals surface area (Å²) in [5.41, 5.74) is 1.99. The number of rotatable bonds is 5. The number of nitrogens with two attached hydrogens (primary N) is 1. The minimum absolute atomic E-state index is 0.0183. The molecule has 164 valence electrons. The highest BCUT2D eigenvalue weighted by Crippen LogP contribution is 2.25. The van der Waals surface area contributed by atoms with Crippen molar-refractivity contribution in [1.82, 2.24) is 24.5 Å². The maximum Gasteiger partial charge on any atom is 0.238 e. The van der Waals surface area contributed by atoms with E-state index in [9.17, 15) is 13.2 Å². The van der Waals surface area contributed by atoms with Crippen molar-refractivity contribution >= 4 is 20.8 Å². The Bertz CT molecular complexity index is 1650. The molecule has 3 aromatic heterocycles. The number of benzene rings is 2. The molecule has 2 N–H and O–H groups in total. The number of hydrogen-bond donors (Lipinski definition) is 1. The van der Waals surface area contributed by atoms with Gasteiger partial charge in [-0.3, -0.25) is 14.5 Å². The van der Waals surface area contributed by atoms with Crippen molar-refractivity contribution in [2.45, 2.75) is 11.4 Å². The molecule has 0 saturated carbocycles. The molecule has 5 aromatic rings. The molecule has 3 heterocycles. The lowest BCUT2D eigenvalue weighted by Gasteiger charge is -2.12. The summed E-state index contributed by atoms with van der Waals surface area (Å²) >= 11 is 0. The van der Waals surface area contributed by atoms with Crippen LogP contribution in [0.1, 0.15) is 5.56 Å². The van der Waals surface area contributed by atoms with Gasteiger partial charge in [0.1, 0.15) is 0 Å². The van der Waals surface area contributed by atoms with E-state index < -0.39 is 10.0 Å². The van der Waals surface area contributed by atoms with Gasteiger partial charge in [-0.05, 0) is 35.9 Å². The van der Waals surface area contributed by atoms with E-state index in [0.717, 1.165) is 16.5 Å². The fraction of sp³-hybridized carbons (Fsp3) is 0.0435. The molecule has 0 fully saturated rings. The molecular weight excluding hydrogens is 440 g/mol. The monoisotopic (exact) mass is 458 g/mol. The second kappa shape index (κ2) is 8.08. The van der Waals surface area contributed by atoms with E-state index in [4.69, 9.17) is 5.14 Å². The topological polar surface area (TPSA) is 126 Å². The molecule has 0 radical (unpaired) electrons. The fourth-order valence-electron chi connectivity index (χ4n) is 3.68. The van der Waals surface area contributed by atoms with Gasteiger partial charge in [-0.15, -0.1) is 0 Å². The van der Waals surface area contributed by atoms with Crippen LogP contribution in [0, 0.1) is 0 Å². The van der Waals surface area contributed by atoms with Crippen molar-refractivity contribution in [3.63, 3.8) is 0 Å². The van der Waals surface area contributed by atoms with E-state index in [2.05, 4.69) is 15.2 Å². The Morgan fingerprint density at radius 3 is 2.67 bits per heavy atom. The Kier molecular flexibility index (Phi) is 5.08. The second-order valence-corrected chi connectivity index (χ2v) is 8.98. The Balaban J connectivity index is 1.57. The van der Waals surface area contributed by atoms with Crippen LogP contribution in [0.3, 0.4) is 0 Å². The lowest BCUT2D eigenvalue weighted by molar-refractivity contribution is 0.597. The second-order valence-electron chi connectivity index (χ2n) is 7.42. The van der Waals surface area contributed by atoms with Crippen LogP contribution in [0.25, 0.3) is 27.8 Å². The van der Waals surface area contributed by atoms with Crippen LogP contribution in [-0.4, -0.2) is 33.0 Å². The van der Waals surface area contributed by atoms with E-state index in [0.29, 0.717) is 11.3 Å². The van der Waals surface area contributed by atoms with Gasteiger partial charge in [0.05, 0.1) is 29.0 Å². The zero-order valence-corrected chi connectivity index (χ0v) is 18.1. The van der Waals surface area contributed by atoms with Crippen molar-refractivity contribution < 1.29 is 8.42 Å². The maximum atomic E-state index is 12.7. The predicted molar refractivity (Wildman–Crippen MR) is 123 cm³/mol. The average molecular weight is 459 g/mol. The van der Waals surface area contributed by atoms with Gasteiger partial charge in [0.15, 0.2) is 5.69 Å². The third-order valence-corrected chi connectivity index (χ3v) is 6.11. The van der Waals surface area contributed by atoms with Gasteiger partial charge in [-0.25, -0.2) is 18.2 Å². The van der Waals surface area contributed by atoms with Crippen LogP contribution >= 0.6 is 0 Å². The van der Waals surface area contributed by atoms with Crippen molar-refractivity contribution in [2.24, 2.45) is 5.14 Å². The van der Waals surface area contributed by atoms with Crippen molar-refractivity contribution in [2.75, 3.05) is 0 Å². The number of nitrogens with zero attached hydrogens (tertiary/aromatic N) is 5. The molecule has 10 heteroatoms. The molecule has 9 nitrogen and oxygen atoms in total. The highest BCUT2D eigenvalue weighted by atomic mass is 32.2. The molecule has 5 rings (SSSR count). The summed E-state index contributed by atoms with van der Waals surface area (Å²) in [6, 6.07) is 17.1. The van der Waals surface area contributed by atoms with E-state index >= 15 is 0 Å². The molecule has 0 spiro atoms. The van der Waals surface area contributed by atoms with Crippen LogP contribution in [0.15, 0.2) is 95.1 Å².